The standard InChI is InChI=1S/C24H27N5O5S/c1-27-12-14-28(15-13-27)35(32,33)19-8-10-22(34-2)21(16-19)25-24(31)20-9-11-23(30)29(26-20)17-18-6-4-3-5-7-18/h3-11,16H,12-15,17H2,1-2H3,(H,25,31). The van der Waals surface area contributed by atoms with E-state index in [1.807, 2.05) is 37.4 Å². The van der Waals surface area contributed by atoms with Crippen LogP contribution in [0.1, 0.15) is 16.1 Å². The predicted molar refractivity (Wildman–Crippen MR) is 131 cm³/mol. The predicted octanol–water partition coefficient (Wildman–Crippen LogP) is 1.49. The number of methoxy groups -OCH3 is 1. The van der Waals surface area contributed by atoms with E-state index in [4.69, 9.17) is 4.74 Å². The lowest BCUT2D eigenvalue weighted by Gasteiger charge is -2.31. The number of piperazine rings is 1. The summed E-state index contributed by atoms with van der Waals surface area (Å²) in [4.78, 5) is 27.4. The highest BCUT2D eigenvalue weighted by Crippen LogP contribution is 2.29. The molecule has 10 nitrogen and oxygen atoms in total. The fourth-order valence-corrected chi connectivity index (χ4v) is 5.20. The fraction of sp³-hybridized carbons (Fsp3) is 0.292. The Morgan fingerprint density at radius 2 is 1.74 bits per heavy atom. The zero-order valence-corrected chi connectivity index (χ0v) is 20.4. The third-order valence-corrected chi connectivity index (χ3v) is 7.69. The van der Waals surface area contributed by atoms with Gasteiger partial charge in [-0.2, -0.15) is 9.40 Å². The Morgan fingerprint density at radius 3 is 2.43 bits per heavy atom. The van der Waals surface area contributed by atoms with Crippen molar-refractivity contribution in [2.24, 2.45) is 0 Å². The molecule has 1 aliphatic heterocycles. The van der Waals surface area contributed by atoms with E-state index in [-0.39, 0.29) is 28.4 Å². The molecule has 1 N–H and O–H groups in total. The van der Waals surface area contributed by atoms with E-state index in [1.165, 1.54) is 46.4 Å². The Hall–Kier alpha value is -3.54. The molecule has 184 valence electrons. The maximum Gasteiger partial charge on any atom is 0.276 e. The number of nitrogens with zero attached hydrogens (tertiary/aromatic N) is 4. The summed E-state index contributed by atoms with van der Waals surface area (Å²) in [6, 6.07) is 16.2. The van der Waals surface area contributed by atoms with Crippen molar-refractivity contribution in [1.29, 1.82) is 0 Å². The minimum atomic E-state index is -3.74. The van der Waals surface area contributed by atoms with Crippen LogP contribution < -0.4 is 15.6 Å². The van der Waals surface area contributed by atoms with E-state index in [1.54, 1.807) is 0 Å². The number of rotatable bonds is 7. The number of benzene rings is 2. The first-order valence-corrected chi connectivity index (χ1v) is 12.5. The van der Waals surface area contributed by atoms with E-state index in [9.17, 15) is 18.0 Å². The molecule has 0 aliphatic carbocycles. The Bertz CT molecular complexity index is 1370. The van der Waals surface area contributed by atoms with Crippen LogP contribution in [0, 0.1) is 0 Å². The molecule has 0 radical (unpaired) electrons. The maximum absolute atomic E-state index is 13.2. The van der Waals surface area contributed by atoms with Crippen molar-refractivity contribution in [2.75, 3.05) is 45.7 Å². The molecule has 1 saturated heterocycles. The van der Waals surface area contributed by atoms with Gasteiger partial charge in [-0.05, 0) is 36.9 Å². The molecule has 0 saturated carbocycles. The smallest absolute Gasteiger partial charge is 0.276 e. The highest BCUT2D eigenvalue weighted by Gasteiger charge is 2.28. The number of hydrogen-bond donors (Lipinski definition) is 1. The molecule has 2 aromatic carbocycles. The van der Waals surface area contributed by atoms with Crippen LogP contribution in [0.4, 0.5) is 5.69 Å². The molecule has 1 fully saturated rings. The van der Waals surface area contributed by atoms with E-state index >= 15 is 0 Å². The molecule has 1 aliphatic rings. The summed E-state index contributed by atoms with van der Waals surface area (Å²) in [5.74, 6) is -0.299. The molecule has 1 aromatic heterocycles. The van der Waals surface area contributed by atoms with Crippen LogP contribution in [0.2, 0.25) is 0 Å². The van der Waals surface area contributed by atoms with Crippen LogP contribution in [0.3, 0.4) is 0 Å². The average molecular weight is 498 g/mol. The summed E-state index contributed by atoms with van der Waals surface area (Å²) in [5.41, 5.74) is 0.719. The third kappa shape index (κ3) is 5.59. The van der Waals surface area contributed by atoms with Gasteiger partial charge >= 0.3 is 0 Å². The van der Waals surface area contributed by atoms with Crippen molar-refractivity contribution in [1.82, 2.24) is 19.0 Å². The molecule has 0 spiro atoms. The lowest BCUT2D eigenvalue weighted by Crippen LogP contribution is -2.47. The van der Waals surface area contributed by atoms with Crippen LogP contribution in [-0.4, -0.2) is 73.6 Å². The number of amides is 1. The average Bonchev–Trinajstić information content (AvgIpc) is 2.86. The first-order valence-electron chi connectivity index (χ1n) is 11.1. The van der Waals surface area contributed by atoms with Gasteiger partial charge < -0.3 is 15.0 Å². The second-order valence-corrected chi connectivity index (χ2v) is 10.2. The van der Waals surface area contributed by atoms with Gasteiger partial charge in [0.05, 0.1) is 24.2 Å². The first-order chi connectivity index (χ1) is 16.8. The highest BCUT2D eigenvalue weighted by atomic mass is 32.2. The summed E-state index contributed by atoms with van der Waals surface area (Å²) >= 11 is 0. The molecule has 3 aromatic rings. The molecule has 1 amide bonds. The van der Waals surface area contributed by atoms with Gasteiger partial charge in [-0.3, -0.25) is 9.59 Å². The third-order valence-electron chi connectivity index (χ3n) is 5.79. The van der Waals surface area contributed by atoms with E-state index in [0.29, 0.717) is 31.9 Å². The molecule has 4 rings (SSSR count). The lowest BCUT2D eigenvalue weighted by molar-refractivity contribution is 0.101. The topological polar surface area (TPSA) is 114 Å². The van der Waals surface area contributed by atoms with Crippen LogP contribution in [-0.2, 0) is 16.6 Å². The van der Waals surface area contributed by atoms with Gasteiger partial charge in [-0.1, -0.05) is 30.3 Å². The second kappa shape index (κ2) is 10.4. The SMILES string of the molecule is COc1ccc(S(=O)(=O)N2CCN(C)CC2)cc1NC(=O)c1ccc(=O)n(Cc2ccccc2)n1. The van der Waals surface area contributed by atoms with Crippen molar-refractivity contribution in [2.45, 2.75) is 11.4 Å². The summed E-state index contributed by atoms with van der Waals surface area (Å²) in [6.07, 6.45) is 0. The van der Waals surface area contributed by atoms with Crippen LogP contribution in [0.5, 0.6) is 5.75 Å². The lowest BCUT2D eigenvalue weighted by atomic mass is 10.2. The minimum Gasteiger partial charge on any atom is -0.495 e. The highest BCUT2D eigenvalue weighted by molar-refractivity contribution is 7.89. The molecule has 0 bridgehead atoms. The van der Waals surface area contributed by atoms with Gasteiger partial charge in [0.15, 0.2) is 0 Å². The normalized spacial score (nSPS) is 15.0. The quantitative estimate of drug-likeness (QED) is 0.526. The largest absolute Gasteiger partial charge is 0.495 e. The van der Waals surface area contributed by atoms with Crippen LogP contribution in [0.15, 0.2) is 70.4 Å². The molecule has 11 heteroatoms. The number of carbonyl (C=O) groups excluding carboxylic acids is 1. The number of likely N-dealkylation sites (N-methyl/N-ethyl adjacent to an activating group) is 1. The van der Waals surface area contributed by atoms with E-state index in [0.717, 1.165) is 5.56 Å². The Kier molecular flexibility index (Phi) is 7.29. The zero-order valence-electron chi connectivity index (χ0n) is 19.5. The molecule has 0 unspecified atom stereocenters. The van der Waals surface area contributed by atoms with Crippen molar-refractivity contribution in [3.63, 3.8) is 0 Å². The summed E-state index contributed by atoms with van der Waals surface area (Å²) in [6.45, 7) is 2.27. The molecular weight excluding hydrogens is 470 g/mol. The Morgan fingerprint density at radius 1 is 1.03 bits per heavy atom. The van der Waals surface area contributed by atoms with Gasteiger partial charge in [-0.25, -0.2) is 13.1 Å². The van der Waals surface area contributed by atoms with Gasteiger partial charge in [0.1, 0.15) is 11.4 Å². The number of aromatic nitrogens is 2. The zero-order chi connectivity index (χ0) is 25.0. The Balaban J connectivity index is 1.58. The number of hydrogen-bond acceptors (Lipinski definition) is 7. The number of carbonyl (C=O) groups is 1. The molecule has 0 atom stereocenters. The van der Waals surface area contributed by atoms with E-state index in [2.05, 4.69) is 15.3 Å². The summed E-state index contributed by atoms with van der Waals surface area (Å²) < 4.78 is 34.3. The second-order valence-electron chi connectivity index (χ2n) is 8.22. The minimum absolute atomic E-state index is 0.00918. The molecule has 2 heterocycles. The monoisotopic (exact) mass is 497 g/mol. The summed E-state index contributed by atoms with van der Waals surface area (Å²) in [5, 5.41) is 6.87. The van der Waals surface area contributed by atoms with Gasteiger partial charge in [0.2, 0.25) is 10.0 Å². The molecular formula is C24H27N5O5S. The molecule has 35 heavy (non-hydrogen) atoms. The van der Waals surface area contributed by atoms with Crippen molar-refractivity contribution in [3.8, 4) is 5.75 Å². The fourth-order valence-electron chi connectivity index (χ4n) is 3.75. The number of anilines is 1. The van der Waals surface area contributed by atoms with Gasteiger partial charge in [-0.15, -0.1) is 0 Å². The van der Waals surface area contributed by atoms with Crippen LogP contribution >= 0.6 is 0 Å². The van der Waals surface area contributed by atoms with Gasteiger partial charge in [0.25, 0.3) is 11.5 Å². The first kappa shape index (κ1) is 24.6. The summed E-state index contributed by atoms with van der Waals surface area (Å²) in [7, 11) is -0.367. The Labute approximate surface area is 203 Å². The number of sulfonamides is 1. The van der Waals surface area contributed by atoms with Gasteiger partial charge in [0, 0.05) is 32.2 Å². The van der Waals surface area contributed by atoms with Crippen LogP contribution in [0.25, 0.3) is 0 Å². The van der Waals surface area contributed by atoms with Crippen molar-refractivity contribution < 1.29 is 17.9 Å². The van der Waals surface area contributed by atoms with Crippen molar-refractivity contribution >= 4 is 21.6 Å². The van der Waals surface area contributed by atoms with E-state index < -0.39 is 15.9 Å². The number of ether oxygens (including phenoxy) is 1. The number of nitrogens with one attached hydrogen (secondary N) is 1. The maximum atomic E-state index is 13.2. The van der Waals surface area contributed by atoms with Crippen molar-refractivity contribution in [3.05, 3.63) is 82.3 Å².